The molecule has 0 unspecified atom stereocenters. The SMILES string of the molecule is C/C=C/CS(=O)(=O)CC(=O)N1CCc2ccccc2C1. The quantitative estimate of drug-likeness (QED) is 0.792. The van der Waals surface area contributed by atoms with Crippen LogP contribution in [0.15, 0.2) is 36.4 Å². The number of carbonyl (C=O) groups excluding carboxylic acids is 1. The summed E-state index contributed by atoms with van der Waals surface area (Å²) in [6.07, 6.45) is 4.03. The van der Waals surface area contributed by atoms with Gasteiger partial charge in [0.2, 0.25) is 5.91 Å². The van der Waals surface area contributed by atoms with E-state index in [0.29, 0.717) is 13.1 Å². The van der Waals surface area contributed by atoms with Gasteiger partial charge in [0.05, 0.1) is 5.75 Å². The zero-order chi connectivity index (χ0) is 14.6. The third-order valence-electron chi connectivity index (χ3n) is 3.41. The molecule has 0 atom stereocenters. The largest absolute Gasteiger partial charge is 0.337 e. The summed E-state index contributed by atoms with van der Waals surface area (Å²) in [5.74, 6) is -0.775. The molecular weight excluding hydrogens is 274 g/mol. The van der Waals surface area contributed by atoms with E-state index in [-0.39, 0.29) is 11.7 Å². The fraction of sp³-hybridized carbons (Fsp3) is 0.400. The number of amides is 1. The average molecular weight is 293 g/mol. The summed E-state index contributed by atoms with van der Waals surface area (Å²) in [5, 5.41) is 0. The monoisotopic (exact) mass is 293 g/mol. The third kappa shape index (κ3) is 3.70. The maximum atomic E-state index is 12.1. The van der Waals surface area contributed by atoms with Crippen LogP contribution in [-0.2, 0) is 27.6 Å². The van der Waals surface area contributed by atoms with Crippen LogP contribution in [0.25, 0.3) is 0 Å². The van der Waals surface area contributed by atoms with Crippen molar-refractivity contribution in [3.05, 3.63) is 47.5 Å². The van der Waals surface area contributed by atoms with Gasteiger partial charge in [-0.25, -0.2) is 8.42 Å². The highest BCUT2D eigenvalue weighted by atomic mass is 32.2. The van der Waals surface area contributed by atoms with Crippen molar-refractivity contribution in [2.75, 3.05) is 18.1 Å². The first-order valence-electron chi connectivity index (χ1n) is 6.68. The standard InChI is InChI=1S/C15H19NO3S/c1-2-3-10-20(18,19)12-15(17)16-9-8-13-6-4-5-7-14(13)11-16/h2-7H,8-12H2,1H3/b3-2+. The highest BCUT2D eigenvalue weighted by Crippen LogP contribution is 2.18. The van der Waals surface area contributed by atoms with Crippen LogP contribution in [0.5, 0.6) is 0 Å². The van der Waals surface area contributed by atoms with E-state index < -0.39 is 15.6 Å². The van der Waals surface area contributed by atoms with Gasteiger partial charge < -0.3 is 4.90 Å². The molecule has 0 saturated carbocycles. The normalized spacial score (nSPS) is 15.3. The number of benzene rings is 1. The molecule has 108 valence electrons. The van der Waals surface area contributed by atoms with Crippen LogP contribution in [0.2, 0.25) is 0 Å². The van der Waals surface area contributed by atoms with E-state index >= 15 is 0 Å². The summed E-state index contributed by atoms with van der Waals surface area (Å²) in [4.78, 5) is 13.7. The second-order valence-electron chi connectivity index (χ2n) is 4.96. The number of hydrogen-bond acceptors (Lipinski definition) is 3. The lowest BCUT2D eigenvalue weighted by Gasteiger charge is -2.28. The van der Waals surface area contributed by atoms with Crippen molar-refractivity contribution in [2.45, 2.75) is 19.9 Å². The molecule has 1 aliphatic heterocycles. The Labute approximate surface area is 120 Å². The van der Waals surface area contributed by atoms with Crippen molar-refractivity contribution in [2.24, 2.45) is 0 Å². The maximum absolute atomic E-state index is 12.1. The fourth-order valence-electron chi connectivity index (χ4n) is 2.29. The Bertz CT molecular complexity index is 620. The first-order chi connectivity index (χ1) is 9.52. The molecule has 0 bridgehead atoms. The van der Waals surface area contributed by atoms with Crippen LogP contribution in [0.3, 0.4) is 0 Å². The van der Waals surface area contributed by atoms with Gasteiger partial charge in [-0.2, -0.15) is 0 Å². The van der Waals surface area contributed by atoms with Crippen LogP contribution in [0.4, 0.5) is 0 Å². The van der Waals surface area contributed by atoms with E-state index in [4.69, 9.17) is 0 Å². The summed E-state index contributed by atoms with van der Waals surface area (Å²) in [6.45, 7) is 2.86. The zero-order valence-corrected chi connectivity index (χ0v) is 12.4. The van der Waals surface area contributed by atoms with E-state index in [0.717, 1.165) is 12.0 Å². The predicted octanol–water partition coefficient (Wildman–Crippen LogP) is 1.56. The van der Waals surface area contributed by atoms with Crippen LogP contribution in [-0.4, -0.2) is 37.3 Å². The predicted molar refractivity (Wildman–Crippen MR) is 79.0 cm³/mol. The number of rotatable bonds is 4. The Kier molecular flexibility index (Phi) is 4.60. The first kappa shape index (κ1) is 14.8. The molecule has 1 aromatic rings. The Hall–Kier alpha value is -1.62. The molecule has 1 aromatic carbocycles. The molecule has 1 heterocycles. The lowest BCUT2D eigenvalue weighted by molar-refractivity contribution is -0.129. The number of sulfone groups is 1. The molecule has 0 saturated heterocycles. The number of fused-ring (bicyclic) bond motifs is 1. The Morgan fingerprint density at radius 1 is 1.30 bits per heavy atom. The van der Waals surface area contributed by atoms with E-state index in [1.54, 1.807) is 24.0 Å². The van der Waals surface area contributed by atoms with Crippen molar-refractivity contribution < 1.29 is 13.2 Å². The summed E-state index contributed by atoms with van der Waals surface area (Å²) >= 11 is 0. The van der Waals surface area contributed by atoms with Gasteiger partial charge in [-0.1, -0.05) is 36.4 Å². The van der Waals surface area contributed by atoms with Gasteiger partial charge in [0.1, 0.15) is 5.75 Å². The summed E-state index contributed by atoms with van der Waals surface area (Å²) < 4.78 is 23.6. The van der Waals surface area contributed by atoms with Gasteiger partial charge in [-0.15, -0.1) is 0 Å². The molecule has 1 aliphatic rings. The Morgan fingerprint density at radius 2 is 2.00 bits per heavy atom. The van der Waals surface area contributed by atoms with E-state index in [1.807, 2.05) is 18.2 Å². The number of hydrogen-bond donors (Lipinski definition) is 0. The molecule has 0 N–H and O–H groups in total. The minimum absolute atomic E-state index is 0.0698. The topological polar surface area (TPSA) is 54.5 Å². The first-order valence-corrected chi connectivity index (χ1v) is 8.50. The molecule has 0 fully saturated rings. The van der Waals surface area contributed by atoms with Gasteiger partial charge in [-0.3, -0.25) is 4.79 Å². The molecular formula is C15H19NO3S. The fourth-order valence-corrected chi connectivity index (χ4v) is 3.45. The van der Waals surface area contributed by atoms with Crippen molar-refractivity contribution in [1.82, 2.24) is 4.90 Å². The van der Waals surface area contributed by atoms with Gasteiger partial charge in [0.25, 0.3) is 0 Å². The third-order valence-corrected chi connectivity index (χ3v) is 4.80. The van der Waals surface area contributed by atoms with Gasteiger partial charge in [0, 0.05) is 13.1 Å². The van der Waals surface area contributed by atoms with E-state index in [2.05, 4.69) is 6.07 Å². The van der Waals surface area contributed by atoms with Crippen LogP contribution < -0.4 is 0 Å². The molecule has 0 radical (unpaired) electrons. The minimum Gasteiger partial charge on any atom is -0.337 e. The van der Waals surface area contributed by atoms with E-state index in [9.17, 15) is 13.2 Å². The maximum Gasteiger partial charge on any atom is 0.238 e. The van der Waals surface area contributed by atoms with Crippen LogP contribution in [0.1, 0.15) is 18.1 Å². The highest BCUT2D eigenvalue weighted by molar-refractivity contribution is 7.92. The number of allylic oxidation sites excluding steroid dienone is 1. The van der Waals surface area contributed by atoms with Crippen molar-refractivity contribution >= 4 is 15.7 Å². The number of carbonyl (C=O) groups is 1. The number of nitrogens with zero attached hydrogens (tertiary/aromatic N) is 1. The minimum atomic E-state index is -3.35. The molecule has 0 aromatic heterocycles. The van der Waals surface area contributed by atoms with Crippen LogP contribution in [0, 0.1) is 0 Å². The van der Waals surface area contributed by atoms with Gasteiger partial charge in [0.15, 0.2) is 9.84 Å². The molecule has 20 heavy (non-hydrogen) atoms. The smallest absolute Gasteiger partial charge is 0.238 e. The molecule has 0 spiro atoms. The Balaban J connectivity index is 2.02. The van der Waals surface area contributed by atoms with Crippen molar-refractivity contribution in [3.63, 3.8) is 0 Å². The summed E-state index contributed by atoms with van der Waals surface area (Å²) in [7, 11) is -3.35. The molecule has 2 rings (SSSR count). The van der Waals surface area contributed by atoms with Gasteiger partial charge >= 0.3 is 0 Å². The van der Waals surface area contributed by atoms with Crippen LogP contribution >= 0.6 is 0 Å². The van der Waals surface area contributed by atoms with E-state index in [1.165, 1.54) is 5.56 Å². The molecule has 4 nitrogen and oxygen atoms in total. The molecule has 5 heteroatoms. The Morgan fingerprint density at radius 3 is 2.70 bits per heavy atom. The van der Waals surface area contributed by atoms with Crippen molar-refractivity contribution in [1.29, 1.82) is 0 Å². The summed E-state index contributed by atoms with van der Waals surface area (Å²) in [5.41, 5.74) is 2.35. The molecule has 1 amide bonds. The highest BCUT2D eigenvalue weighted by Gasteiger charge is 2.24. The second-order valence-corrected chi connectivity index (χ2v) is 7.07. The zero-order valence-electron chi connectivity index (χ0n) is 11.6. The van der Waals surface area contributed by atoms with Gasteiger partial charge in [-0.05, 0) is 24.5 Å². The lowest BCUT2D eigenvalue weighted by Crippen LogP contribution is -2.39. The van der Waals surface area contributed by atoms with Crippen molar-refractivity contribution in [3.8, 4) is 0 Å². The second kappa shape index (κ2) is 6.22. The average Bonchev–Trinajstić information content (AvgIpc) is 2.44. The molecule has 0 aliphatic carbocycles. The summed E-state index contributed by atoms with van der Waals surface area (Å²) in [6, 6.07) is 7.97. The lowest BCUT2D eigenvalue weighted by atomic mass is 10.00.